The van der Waals surface area contributed by atoms with Gasteiger partial charge in [-0.3, -0.25) is 9.59 Å². The van der Waals surface area contributed by atoms with Crippen LogP contribution >= 0.6 is 15.9 Å². The highest BCUT2D eigenvalue weighted by Crippen LogP contribution is 2.30. The van der Waals surface area contributed by atoms with Crippen molar-refractivity contribution in [3.63, 3.8) is 0 Å². The van der Waals surface area contributed by atoms with E-state index in [2.05, 4.69) is 22.9 Å². The van der Waals surface area contributed by atoms with E-state index in [1.54, 1.807) is 15.7 Å². The van der Waals surface area contributed by atoms with E-state index in [0.717, 1.165) is 19.3 Å². The van der Waals surface area contributed by atoms with E-state index < -0.39 is 0 Å². The molecule has 1 amide bonds. The lowest BCUT2D eigenvalue weighted by Gasteiger charge is -2.44. The van der Waals surface area contributed by atoms with Crippen molar-refractivity contribution in [1.29, 1.82) is 0 Å². The Morgan fingerprint density at radius 3 is 2.96 bits per heavy atom. The molecular weight excluding hydrogens is 364 g/mol. The first-order valence-electron chi connectivity index (χ1n) is 8.04. The van der Waals surface area contributed by atoms with Gasteiger partial charge in [-0.1, -0.05) is 13.3 Å². The zero-order valence-electron chi connectivity index (χ0n) is 13.4. The van der Waals surface area contributed by atoms with Crippen molar-refractivity contribution in [2.24, 2.45) is 0 Å². The van der Waals surface area contributed by atoms with E-state index in [0.29, 0.717) is 29.9 Å². The van der Waals surface area contributed by atoms with Crippen molar-refractivity contribution < 1.29 is 14.3 Å². The molecule has 7 heteroatoms. The Labute approximate surface area is 143 Å². The number of unbranched alkanes of at least 4 members (excludes halogenated alkanes) is 1. The highest BCUT2D eigenvalue weighted by Gasteiger charge is 2.40. The molecule has 0 radical (unpaired) electrons. The smallest absolute Gasteiger partial charge is 0.276 e. The summed E-state index contributed by atoms with van der Waals surface area (Å²) in [6.07, 6.45) is 3.98. The van der Waals surface area contributed by atoms with Crippen molar-refractivity contribution in [2.45, 2.75) is 51.9 Å². The topological polar surface area (TPSA) is 60.8 Å². The van der Waals surface area contributed by atoms with Crippen LogP contribution in [0, 0.1) is 0 Å². The quantitative estimate of drug-likeness (QED) is 0.747. The summed E-state index contributed by atoms with van der Waals surface area (Å²) in [5.74, 6) is -0.0430. The lowest BCUT2D eigenvalue weighted by molar-refractivity contribution is -0.112. The standard InChI is InChI=1S/C16H21BrN2O4/c1-3-4-6-23-15-13-16(21)19-10(2)5-7-22-12(19)9-18(13)8-11(17)14(15)20/h8,10,12H,3-7,9H2,1-2H3/t10-,12?/m1/s1. The Bertz CT molecular complexity index is 673. The molecule has 3 heterocycles. The summed E-state index contributed by atoms with van der Waals surface area (Å²) < 4.78 is 13.6. The molecule has 1 aromatic heterocycles. The van der Waals surface area contributed by atoms with E-state index in [1.807, 2.05) is 6.92 Å². The fraction of sp³-hybridized carbons (Fsp3) is 0.625. The third-order valence-corrected chi connectivity index (χ3v) is 4.92. The average Bonchev–Trinajstić information content (AvgIpc) is 2.51. The van der Waals surface area contributed by atoms with E-state index >= 15 is 0 Å². The molecule has 126 valence electrons. The number of carbonyl (C=O) groups is 1. The Balaban J connectivity index is 2.05. The molecular formula is C16H21BrN2O4. The van der Waals surface area contributed by atoms with E-state index in [4.69, 9.17) is 9.47 Å². The molecule has 0 N–H and O–H groups in total. The van der Waals surface area contributed by atoms with Crippen molar-refractivity contribution in [2.75, 3.05) is 13.2 Å². The maximum Gasteiger partial charge on any atom is 0.276 e. The molecule has 2 aliphatic heterocycles. The van der Waals surface area contributed by atoms with Crippen molar-refractivity contribution in [1.82, 2.24) is 9.47 Å². The average molecular weight is 385 g/mol. The van der Waals surface area contributed by atoms with Crippen LogP contribution in [0.25, 0.3) is 0 Å². The van der Waals surface area contributed by atoms with Crippen molar-refractivity contribution in [3.8, 4) is 5.75 Å². The Kier molecular flexibility index (Phi) is 4.77. The zero-order chi connectivity index (χ0) is 16.6. The minimum absolute atomic E-state index is 0.0947. The summed E-state index contributed by atoms with van der Waals surface area (Å²) in [5, 5.41) is 0. The second-order valence-electron chi connectivity index (χ2n) is 6.01. The van der Waals surface area contributed by atoms with Gasteiger partial charge in [-0.2, -0.15) is 0 Å². The van der Waals surface area contributed by atoms with Crippen LogP contribution in [0.2, 0.25) is 0 Å². The molecule has 2 atom stereocenters. The summed E-state index contributed by atoms with van der Waals surface area (Å²) in [6.45, 7) is 5.64. The van der Waals surface area contributed by atoms with Crippen LogP contribution in [0.1, 0.15) is 43.6 Å². The van der Waals surface area contributed by atoms with Crippen LogP contribution < -0.4 is 10.2 Å². The van der Waals surface area contributed by atoms with Crippen LogP contribution in [0.3, 0.4) is 0 Å². The molecule has 2 aliphatic rings. The van der Waals surface area contributed by atoms with Gasteiger partial charge in [-0.15, -0.1) is 0 Å². The van der Waals surface area contributed by atoms with Crippen molar-refractivity contribution >= 4 is 21.8 Å². The highest BCUT2D eigenvalue weighted by molar-refractivity contribution is 9.10. The minimum atomic E-state index is -0.281. The minimum Gasteiger partial charge on any atom is -0.487 e. The Hall–Kier alpha value is -1.34. The first kappa shape index (κ1) is 16.5. The molecule has 0 saturated carbocycles. The third kappa shape index (κ3) is 2.92. The molecule has 3 rings (SSSR count). The monoisotopic (exact) mass is 384 g/mol. The van der Waals surface area contributed by atoms with Gasteiger partial charge in [0, 0.05) is 12.2 Å². The number of hydrogen-bond acceptors (Lipinski definition) is 4. The summed E-state index contributed by atoms with van der Waals surface area (Å²) in [5.41, 5.74) is 0.0626. The number of halogens is 1. The van der Waals surface area contributed by atoms with Gasteiger partial charge in [-0.25, -0.2) is 0 Å². The molecule has 0 bridgehead atoms. The van der Waals surface area contributed by atoms with E-state index in [9.17, 15) is 9.59 Å². The molecule has 0 spiro atoms. The van der Waals surface area contributed by atoms with Crippen LogP contribution in [-0.2, 0) is 11.3 Å². The van der Waals surface area contributed by atoms with Crippen molar-refractivity contribution in [3.05, 3.63) is 26.6 Å². The van der Waals surface area contributed by atoms with Crippen LogP contribution in [-0.4, -0.2) is 40.9 Å². The number of hydrogen-bond donors (Lipinski definition) is 0. The zero-order valence-corrected chi connectivity index (χ0v) is 15.0. The second-order valence-corrected chi connectivity index (χ2v) is 6.87. The summed E-state index contributed by atoms with van der Waals surface area (Å²) in [7, 11) is 0. The summed E-state index contributed by atoms with van der Waals surface area (Å²) in [4.78, 5) is 27.1. The summed E-state index contributed by atoms with van der Waals surface area (Å²) >= 11 is 3.27. The van der Waals surface area contributed by atoms with Gasteiger partial charge < -0.3 is 18.9 Å². The second kappa shape index (κ2) is 6.65. The number of nitrogens with zero attached hydrogens (tertiary/aromatic N) is 2. The van der Waals surface area contributed by atoms with Gasteiger partial charge in [0.2, 0.25) is 5.43 Å². The first-order chi connectivity index (χ1) is 11.0. The number of pyridine rings is 1. The van der Waals surface area contributed by atoms with E-state index in [1.165, 1.54) is 0 Å². The molecule has 0 aliphatic carbocycles. The normalized spacial score (nSPS) is 23.4. The Morgan fingerprint density at radius 1 is 1.43 bits per heavy atom. The predicted octanol–water partition coefficient (Wildman–Crippen LogP) is 2.38. The molecule has 1 saturated heterocycles. The predicted molar refractivity (Wildman–Crippen MR) is 88.8 cm³/mol. The largest absolute Gasteiger partial charge is 0.487 e. The Morgan fingerprint density at radius 2 is 2.22 bits per heavy atom. The first-order valence-corrected chi connectivity index (χ1v) is 8.84. The number of carbonyl (C=O) groups excluding carboxylic acids is 1. The van der Waals surface area contributed by atoms with E-state index in [-0.39, 0.29) is 29.4 Å². The molecule has 1 aromatic rings. The molecule has 1 unspecified atom stereocenters. The number of rotatable bonds is 4. The number of fused-ring (bicyclic) bond motifs is 2. The van der Waals surface area contributed by atoms with Gasteiger partial charge >= 0.3 is 0 Å². The maximum atomic E-state index is 13.0. The number of aromatic nitrogens is 1. The fourth-order valence-electron chi connectivity index (χ4n) is 3.06. The van der Waals surface area contributed by atoms with Crippen LogP contribution in [0.4, 0.5) is 0 Å². The lowest BCUT2D eigenvalue weighted by Crippen LogP contribution is -2.57. The summed E-state index contributed by atoms with van der Waals surface area (Å²) in [6, 6.07) is 0.0947. The fourth-order valence-corrected chi connectivity index (χ4v) is 3.49. The van der Waals surface area contributed by atoms with Crippen LogP contribution in [0.5, 0.6) is 5.75 Å². The van der Waals surface area contributed by atoms with Gasteiger partial charge in [0.05, 0.1) is 24.2 Å². The van der Waals surface area contributed by atoms with Gasteiger partial charge in [-0.05, 0) is 35.7 Å². The molecule has 6 nitrogen and oxygen atoms in total. The molecule has 0 aromatic carbocycles. The van der Waals surface area contributed by atoms with Crippen LogP contribution in [0.15, 0.2) is 15.5 Å². The maximum absolute atomic E-state index is 13.0. The molecule has 1 fully saturated rings. The third-order valence-electron chi connectivity index (χ3n) is 4.36. The number of ether oxygens (including phenoxy) is 2. The molecule has 23 heavy (non-hydrogen) atoms. The highest BCUT2D eigenvalue weighted by atomic mass is 79.9. The number of amides is 1. The van der Waals surface area contributed by atoms with Gasteiger partial charge in [0.15, 0.2) is 17.7 Å². The SMILES string of the molecule is CCCCOc1c2n(cc(Br)c1=O)CC1OCC[C@@H](C)N1C2=O. The van der Waals surface area contributed by atoms with Gasteiger partial charge in [0.25, 0.3) is 5.91 Å². The lowest BCUT2D eigenvalue weighted by atomic mass is 10.1. The van der Waals surface area contributed by atoms with Gasteiger partial charge in [0.1, 0.15) is 0 Å².